The number of rotatable bonds is 3. The Labute approximate surface area is 106 Å². The molecule has 0 radical (unpaired) electrons. The van der Waals surface area contributed by atoms with Gasteiger partial charge in [-0.3, -0.25) is 0 Å². The molecule has 98 valence electrons. The summed E-state index contributed by atoms with van der Waals surface area (Å²) in [4.78, 5) is 23.3. The Morgan fingerprint density at radius 1 is 1.17 bits per heavy atom. The third-order valence-electron chi connectivity index (χ3n) is 2.29. The summed E-state index contributed by atoms with van der Waals surface area (Å²) in [6.45, 7) is 4.95. The van der Waals surface area contributed by atoms with Crippen molar-refractivity contribution in [1.29, 1.82) is 0 Å². The number of nitrogens with two attached hydrogens (primary N) is 1. The molecule has 0 aliphatic rings. The maximum atomic E-state index is 12.0. The highest BCUT2D eigenvalue weighted by molar-refractivity contribution is 6.04. The molecule has 1 atom stereocenters. The lowest BCUT2D eigenvalue weighted by molar-refractivity contribution is -0.169. The summed E-state index contributed by atoms with van der Waals surface area (Å²) in [5.41, 5.74) is 2.94. The van der Waals surface area contributed by atoms with E-state index in [1.54, 1.807) is 39.0 Å². The summed E-state index contributed by atoms with van der Waals surface area (Å²) in [7, 11) is 0. The summed E-state index contributed by atoms with van der Waals surface area (Å²) < 4.78 is 5.07. The Hall–Kier alpha value is -1.88. The molecule has 18 heavy (non-hydrogen) atoms. The lowest BCUT2D eigenvalue weighted by atomic mass is 9.91. The van der Waals surface area contributed by atoms with Gasteiger partial charge in [-0.1, -0.05) is 30.3 Å². The topological polar surface area (TPSA) is 89.6 Å². The van der Waals surface area contributed by atoms with E-state index in [0.29, 0.717) is 0 Å². The zero-order valence-corrected chi connectivity index (χ0v) is 10.6. The normalized spacial score (nSPS) is 14.7. The van der Waals surface area contributed by atoms with E-state index in [9.17, 15) is 14.7 Å². The van der Waals surface area contributed by atoms with Crippen molar-refractivity contribution in [1.82, 2.24) is 0 Å². The van der Waals surface area contributed by atoms with Gasteiger partial charge in [0.1, 0.15) is 5.60 Å². The number of carboxylic acids is 1. The van der Waals surface area contributed by atoms with E-state index in [1.807, 2.05) is 0 Å². The zero-order valence-electron chi connectivity index (χ0n) is 10.6. The Balaban J connectivity index is 3.17. The van der Waals surface area contributed by atoms with E-state index in [0.717, 1.165) is 0 Å². The van der Waals surface area contributed by atoms with E-state index < -0.39 is 23.1 Å². The Morgan fingerprint density at radius 2 is 1.67 bits per heavy atom. The molecular weight excluding hydrogens is 234 g/mol. The van der Waals surface area contributed by atoms with Crippen LogP contribution in [0.25, 0.3) is 0 Å². The molecule has 1 aromatic carbocycles. The van der Waals surface area contributed by atoms with Gasteiger partial charge >= 0.3 is 11.9 Å². The number of hydrogen-bond acceptors (Lipinski definition) is 4. The van der Waals surface area contributed by atoms with Crippen LogP contribution in [0.5, 0.6) is 0 Å². The molecule has 1 aromatic rings. The molecule has 0 heterocycles. The summed E-state index contributed by atoms with van der Waals surface area (Å²) >= 11 is 0. The van der Waals surface area contributed by atoms with Crippen LogP contribution in [0.4, 0.5) is 0 Å². The predicted molar refractivity (Wildman–Crippen MR) is 65.8 cm³/mol. The van der Waals surface area contributed by atoms with Crippen LogP contribution in [-0.2, 0) is 19.9 Å². The summed E-state index contributed by atoms with van der Waals surface area (Å²) in [5.74, 6) is -2.42. The van der Waals surface area contributed by atoms with E-state index in [4.69, 9.17) is 10.5 Å². The number of carbonyl (C=O) groups is 2. The second kappa shape index (κ2) is 4.78. The number of ether oxygens (including phenoxy) is 1. The van der Waals surface area contributed by atoms with Gasteiger partial charge in [0.2, 0.25) is 5.54 Å². The van der Waals surface area contributed by atoms with Crippen molar-refractivity contribution >= 4 is 11.9 Å². The maximum Gasteiger partial charge on any atom is 0.343 e. The molecule has 0 saturated carbocycles. The first kappa shape index (κ1) is 14.2. The monoisotopic (exact) mass is 251 g/mol. The van der Waals surface area contributed by atoms with Gasteiger partial charge in [-0.15, -0.1) is 0 Å². The van der Waals surface area contributed by atoms with Crippen molar-refractivity contribution in [3.63, 3.8) is 0 Å². The number of hydrogen-bond donors (Lipinski definition) is 2. The zero-order chi connectivity index (χ0) is 14.0. The number of benzene rings is 1. The Kier molecular flexibility index (Phi) is 3.76. The average Bonchev–Trinajstić information content (AvgIpc) is 2.26. The number of esters is 1. The van der Waals surface area contributed by atoms with E-state index in [1.165, 1.54) is 12.1 Å². The van der Waals surface area contributed by atoms with Gasteiger partial charge in [-0.25, -0.2) is 9.59 Å². The molecule has 0 saturated heterocycles. The number of aliphatic carboxylic acids is 1. The second-order valence-corrected chi connectivity index (χ2v) is 4.98. The molecule has 0 unspecified atom stereocenters. The highest BCUT2D eigenvalue weighted by Crippen LogP contribution is 2.23. The molecule has 5 nitrogen and oxygen atoms in total. The first-order chi connectivity index (χ1) is 8.18. The van der Waals surface area contributed by atoms with Crippen molar-refractivity contribution in [3.05, 3.63) is 35.9 Å². The van der Waals surface area contributed by atoms with Crippen molar-refractivity contribution in [2.24, 2.45) is 5.73 Å². The summed E-state index contributed by atoms with van der Waals surface area (Å²) in [6.07, 6.45) is 0. The molecule has 0 aliphatic heterocycles. The summed E-state index contributed by atoms with van der Waals surface area (Å²) in [5, 5.41) is 9.23. The first-order valence-corrected chi connectivity index (χ1v) is 5.49. The van der Waals surface area contributed by atoms with Gasteiger partial charge in [0.15, 0.2) is 0 Å². The van der Waals surface area contributed by atoms with E-state index in [-0.39, 0.29) is 5.56 Å². The third kappa shape index (κ3) is 2.87. The van der Waals surface area contributed by atoms with Gasteiger partial charge in [0.05, 0.1) is 0 Å². The molecule has 5 heteroatoms. The third-order valence-corrected chi connectivity index (χ3v) is 2.29. The largest absolute Gasteiger partial charge is 0.479 e. The fourth-order valence-corrected chi connectivity index (χ4v) is 1.39. The predicted octanol–water partition coefficient (Wildman–Crippen LogP) is 1.27. The minimum atomic E-state index is -2.19. The lowest BCUT2D eigenvalue weighted by Gasteiger charge is -2.28. The molecule has 0 aromatic heterocycles. The molecule has 0 fully saturated rings. The SMILES string of the molecule is CC(C)(C)OC(=O)[C@@](N)(C(=O)O)c1ccccc1. The van der Waals surface area contributed by atoms with Crippen molar-refractivity contribution in [3.8, 4) is 0 Å². The number of carboxylic acid groups (broad SMARTS) is 1. The van der Waals surface area contributed by atoms with E-state index in [2.05, 4.69) is 0 Å². The van der Waals surface area contributed by atoms with Crippen LogP contribution in [0.2, 0.25) is 0 Å². The molecular formula is C13H17NO4. The van der Waals surface area contributed by atoms with Gasteiger partial charge < -0.3 is 15.6 Å². The lowest BCUT2D eigenvalue weighted by Crippen LogP contribution is -2.54. The van der Waals surface area contributed by atoms with Crippen LogP contribution in [0.1, 0.15) is 26.3 Å². The summed E-state index contributed by atoms with van der Waals surface area (Å²) in [6, 6.07) is 7.91. The minimum absolute atomic E-state index is 0.187. The molecule has 0 bridgehead atoms. The van der Waals surface area contributed by atoms with Crippen molar-refractivity contribution in [2.45, 2.75) is 31.9 Å². The standard InChI is InChI=1S/C13H17NO4/c1-12(2,3)18-11(17)13(14,10(15)16)9-7-5-4-6-8-9/h4-8H,14H2,1-3H3,(H,15,16)/t13-/m0/s1. The van der Waals surface area contributed by atoms with Gasteiger partial charge in [-0.2, -0.15) is 0 Å². The Bertz CT molecular complexity index is 450. The molecule has 0 aliphatic carbocycles. The van der Waals surface area contributed by atoms with Gasteiger partial charge in [0.25, 0.3) is 0 Å². The van der Waals surface area contributed by atoms with Crippen molar-refractivity contribution in [2.75, 3.05) is 0 Å². The van der Waals surface area contributed by atoms with Crippen LogP contribution in [0.3, 0.4) is 0 Å². The highest BCUT2D eigenvalue weighted by Gasteiger charge is 2.47. The maximum absolute atomic E-state index is 12.0. The van der Waals surface area contributed by atoms with Crippen LogP contribution >= 0.6 is 0 Å². The smallest absolute Gasteiger partial charge is 0.343 e. The minimum Gasteiger partial charge on any atom is -0.479 e. The fourth-order valence-electron chi connectivity index (χ4n) is 1.39. The fraction of sp³-hybridized carbons (Fsp3) is 0.385. The highest BCUT2D eigenvalue weighted by atomic mass is 16.6. The van der Waals surface area contributed by atoms with E-state index >= 15 is 0 Å². The number of carbonyl (C=O) groups excluding carboxylic acids is 1. The average molecular weight is 251 g/mol. The van der Waals surface area contributed by atoms with Gasteiger partial charge in [-0.05, 0) is 26.3 Å². The molecule has 0 spiro atoms. The molecule has 3 N–H and O–H groups in total. The Morgan fingerprint density at radius 3 is 2.06 bits per heavy atom. The quantitative estimate of drug-likeness (QED) is 0.623. The second-order valence-electron chi connectivity index (χ2n) is 4.98. The van der Waals surface area contributed by atoms with Crippen LogP contribution < -0.4 is 5.73 Å². The van der Waals surface area contributed by atoms with Crippen LogP contribution in [0, 0.1) is 0 Å². The first-order valence-electron chi connectivity index (χ1n) is 5.49. The molecule has 0 amide bonds. The van der Waals surface area contributed by atoms with Crippen LogP contribution in [0.15, 0.2) is 30.3 Å². The van der Waals surface area contributed by atoms with Crippen LogP contribution in [-0.4, -0.2) is 22.6 Å². The van der Waals surface area contributed by atoms with Crippen molar-refractivity contribution < 1.29 is 19.4 Å². The van der Waals surface area contributed by atoms with Gasteiger partial charge in [0, 0.05) is 0 Å². The molecule has 1 rings (SSSR count).